The monoisotopic (exact) mass is 500 g/mol. The van der Waals surface area contributed by atoms with Gasteiger partial charge >= 0.3 is 0 Å². The number of halogens is 1. The van der Waals surface area contributed by atoms with Gasteiger partial charge in [-0.3, -0.25) is 9.10 Å². The lowest BCUT2D eigenvalue weighted by Crippen LogP contribution is -2.50. The van der Waals surface area contributed by atoms with E-state index >= 15 is 0 Å². The van der Waals surface area contributed by atoms with Gasteiger partial charge in [0, 0.05) is 5.54 Å². The third-order valence-electron chi connectivity index (χ3n) is 5.29. The van der Waals surface area contributed by atoms with Crippen molar-refractivity contribution in [3.05, 3.63) is 88.9 Å². The molecule has 0 spiro atoms. The second-order valence-electron chi connectivity index (χ2n) is 8.74. The van der Waals surface area contributed by atoms with Crippen molar-refractivity contribution < 1.29 is 17.9 Å². The molecule has 3 aromatic carbocycles. The van der Waals surface area contributed by atoms with Gasteiger partial charge in [-0.1, -0.05) is 59.6 Å². The summed E-state index contributed by atoms with van der Waals surface area (Å²) in [6, 6.07) is 20.9. The number of amides is 1. The van der Waals surface area contributed by atoms with Crippen molar-refractivity contribution in [1.29, 1.82) is 0 Å². The number of nitrogens with zero attached hydrogens (tertiary/aromatic N) is 1. The van der Waals surface area contributed by atoms with E-state index in [9.17, 15) is 13.2 Å². The normalized spacial score (nSPS) is 11.7. The smallest absolute Gasteiger partial charge is 0.264 e. The van der Waals surface area contributed by atoms with Gasteiger partial charge in [0.2, 0.25) is 5.91 Å². The molecule has 3 rings (SSSR count). The van der Waals surface area contributed by atoms with Gasteiger partial charge < -0.3 is 10.1 Å². The molecule has 3 aromatic rings. The number of hydrogen-bond donors (Lipinski definition) is 1. The average molecular weight is 501 g/mol. The second-order valence-corrected chi connectivity index (χ2v) is 11.0. The van der Waals surface area contributed by atoms with Gasteiger partial charge in [-0.2, -0.15) is 0 Å². The fourth-order valence-electron chi connectivity index (χ4n) is 3.66. The molecule has 0 aliphatic heterocycles. The third kappa shape index (κ3) is 6.30. The van der Waals surface area contributed by atoms with Crippen LogP contribution in [0.3, 0.4) is 0 Å². The molecule has 6 nitrogen and oxygen atoms in total. The molecule has 0 saturated heterocycles. The van der Waals surface area contributed by atoms with Crippen LogP contribution < -0.4 is 14.4 Å². The van der Waals surface area contributed by atoms with Crippen molar-refractivity contribution in [2.75, 3.05) is 18.0 Å². The van der Waals surface area contributed by atoms with E-state index in [1.54, 1.807) is 24.3 Å². The molecular formula is C26H29ClN2O4S. The van der Waals surface area contributed by atoms with Crippen LogP contribution in [0, 0.1) is 6.92 Å². The van der Waals surface area contributed by atoms with Crippen LogP contribution >= 0.6 is 11.6 Å². The van der Waals surface area contributed by atoms with E-state index in [4.69, 9.17) is 16.3 Å². The molecule has 8 heteroatoms. The lowest BCUT2D eigenvalue weighted by Gasteiger charge is -2.29. The first-order chi connectivity index (χ1) is 16.0. The van der Waals surface area contributed by atoms with E-state index in [-0.39, 0.29) is 15.6 Å². The first kappa shape index (κ1) is 25.6. The number of benzene rings is 3. The number of methoxy groups -OCH3 is 1. The number of carbonyl (C=O) groups is 1. The zero-order valence-electron chi connectivity index (χ0n) is 19.7. The Morgan fingerprint density at radius 1 is 1.03 bits per heavy atom. The molecule has 0 aliphatic carbocycles. The number of carbonyl (C=O) groups excluding carboxylic acids is 1. The number of aryl methyl sites for hydroxylation is 1. The SMILES string of the molecule is COc1ccc(N(CC(=O)NC(C)(C)Cc2ccccc2)S(=O)(=O)c2ccc(C)cc2)cc1Cl. The molecule has 0 heterocycles. The molecule has 0 fully saturated rings. The van der Waals surface area contributed by atoms with Gasteiger partial charge in [0.15, 0.2) is 0 Å². The molecule has 0 saturated carbocycles. The minimum atomic E-state index is -4.04. The van der Waals surface area contributed by atoms with Crippen molar-refractivity contribution in [2.24, 2.45) is 0 Å². The van der Waals surface area contributed by atoms with Crippen LogP contribution in [0.5, 0.6) is 5.75 Å². The Bertz CT molecular complexity index is 1240. The summed E-state index contributed by atoms with van der Waals surface area (Å²) in [5.74, 6) is -0.0184. The average Bonchev–Trinajstić information content (AvgIpc) is 2.77. The van der Waals surface area contributed by atoms with Crippen molar-refractivity contribution in [1.82, 2.24) is 5.32 Å². The van der Waals surface area contributed by atoms with Gasteiger partial charge in [0.25, 0.3) is 10.0 Å². The minimum Gasteiger partial charge on any atom is -0.495 e. The van der Waals surface area contributed by atoms with E-state index in [1.165, 1.54) is 25.3 Å². The van der Waals surface area contributed by atoms with Gasteiger partial charge in [-0.15, -0.1) is 0 Å². The summed E-state index contributed by atoms with van der Waals surface area (Å²) in [7, 11) is -2.57. The highest BCUT2D eigenvalue weighted by Crippen LogP contribution is 2.32. The molecule has 180 valence electrons. The maximum atomic E-state index is 13.6. The highest BCUT2D eigenvalue weighted by atomic mass is 35.5. The van der Waals surface area contributed by atoms with Crippen LogP contribution in [0.2, 0.25) is 5.02 Å². The first-order valence-corrected chi connectivity index (χ1v) is 12.6. The molecule has 0 atom stereocenters. The fraction of sp³-hybridized carbons (Fsp3) is 0.269. The Balaban J connectivity index is 1.91. The molecule has 0 bridgehead atoms. The summed E-state index contributed by atoms with van der Waals surface area (Å²) in [6.45, 7) is 5.28. The lowest BCUT2D eigenvalue weighted by atomic mass is 9.95. The number of nitrogens with one attached hydrogen (secondary N) is 1. The van der Waals surface area contributed by atoms with E-state index in [0.717, 1.165) is 15.4 Å². The number of hydrogen-bond acceptors (Lipinski definition) is 4. The highest BCUT2D eigenvalue weighted by molar-refractivity contribution is 7.92. The Hall–Kier alpha value is -3.03. The predicted molar refractivity (Wildman–Crippen MR) is 136 cm³/mol. The maximum Gasteiger partial charge on any atom is 0.264 e. The van der Waals surface area contributed by atoms with Crippen molar-refractivity contribution in [3.63, 3.8) is 0 Å². The summed E-state index contributed by atoms with van der Waals surface area (Å²) in [5.41, 5.74) is 1.68. The summed E-state index contributed by atoms with van der Waals surface area (Å²) >= 11 is 6.28. The standard InChI is InChI=1S/C26H29ClN2O4S/c1-19-10-13-22(14-11-19)34(31,32)29(21-12-15-24(33-4)23(27)16-21)18-25(30)28-26(2,3)17-20-8-6-5-7-9-20/h5-16H,17-18H2,1-4H3,(H,28,30). The van der Waals surface area contributed by atoms with E-state index in [0.29, 0.717) is 12.2 Å². The van der Waals surface area contributed by atoms with Crippen molar-refractivity contribution in [2.45, 2.75) is 37.6 Å². The number of rotatable bonds is 9. The van der Waals surface area contributed by atoms with Crippen molar-refractivity contribution in [3.8, 4) is 5.75 Å². The van der Waals surface area contributed by atoms with Crippen LogP contribution in [0.25, 0.3) is 0 Å². The molecule has 34 heavy (non-hydrogen) atoms. The van der Waals surface area contributed by atoms with Crippen LogP contribution in [0.1, 0.15) is 25.0 Å². The van der Waals surface area contributed by atoms with Crippen LogP contribution in [-0.2, 0) is 21.2 Å². The lowest BCUT2D eigenvalue weighted by molar-refractivity contribution is -0.121. The van der Waals surface area contributed by atoms with E-state index < -0.39 is 28.0 Å². The predicted octanol–water partition coefficient (Wildman–Crippen LogP) is 4.99. The zero-order valence-corrected chi connectivity index (χ0v) is 21.3. The topological polar surface area (TPSA) is 75.7 Å². The molecule has 0 unspecified atom stereocenters. The molecular weight excluding hydrogens is 472 g/mol. The Kier molecular flexibility index (Phi) is 7.89. The summed E-state index contributed by atoms with van der Waals surface area (Å²) in [6.07, 6.45) is 0.596. The zero-order chi connectivity index (χ0) is 24.9. The largest absolute Gasteiger partial charge is 0.495 e. The Morgan fingerprint density at radius 2 is 1.68 bits per heavy atom. The molecule has 0 radical (unpaired) electrons. The molecule has 1 amide bonds. The van der Waals surface area contributed by atoms with Gasteiger partial charge in [0.1, 0.15) is 12.3 Å². The Labute approximate surface area is 206 Å². The third-order valence-corrected chi connectivity index (χ3v) is 7.37. The van der Waals surface area contributed by atoms with Crippen LogP contribution in [-0.4, -0.2) is 33.5 Å². The van der Waals surface area contributed by atoms with Gasteiger partial charge in [-0.05, 0) is 63.1 Å². The maximum absolute atomic E-state index is 13.6. The summed E-state index contributed by atoms with van der Waals surface area (Å²) in [4.78, 5) is 13.2. The highest BCUT2D eigenvalue weighted by Gasteiger charge is 2.30. The van der Waals surface area contributed by atoms with Crippen LogP contribution in [0.15, 0.2) is 77.7 Å². The second kappa shape index (κ2) is 10.5. The number of ether oxygens (including phenoxy) is 1. The first-order valence-electron chi connectivity index (χ1n) is 10.8. The van der Waals surface area contributed by atoms with E-state index in [1.807, 2.05) is 51.1 Å². The number of sulfonamides is 1. The molecule has 0 aliphatic rings. The van der Waals surface area contributed by atoms with Crippen LogP contribution in [0.4, 0.5) is 5.69 Å². The van der Waals surface area contributed by atoms with Gasteiger partial charge in [-0.25, -0.2) is 8.42 Å². The minimum absolute atomic E-state index is 0.0846. The van der Waals surface area contributed by atoms with E-state index in [2.05, 4.69) is 5.32 Å². The number of anilines is 1. The summed E-state index contributed by atoms with van der Waals surface area (Å²) in [5, 5.41) is 3.22. The Morgan fingerprint density at radius 3 is 2.26 bits per heavy atom. The molecule has 0 aromatic heterocycles. The fourth-order valence-corrected chi connectivity index (χ4v) is 5.33. The summed E-state index contributed by atoms with van der Waals surface area (Å²) < 4.78 is 33.4. The quantitative estimate of drug-likeness (QED) is 0.449. The van der Waals surface area contributed by atoms with Gasteiger partial charge in [0.05, 0.1) is 22.7 Å². The molecule has 1 N–H and O–H groups in total. The van der Waals surface area contributed by atoms with Crippen molar-refractivity contribution >= 4 is 33.2 Å².